The van der Waals surface area contributed by atoms with Crippen molar-refractivity contribution < 1.29 is 27.4 Å². The quantitative estimate of drug-likeness (QED) is 0.131. The molecule has 50 heavy (non-hydrogen) atoms. The van der Waals surface area contributed by atoms with Crippen LogP contribution < -0.4 is 20.7 Å². The molecule has 13 nitrogen and oxygen atoms in total. The van der Waals surface area contributed by atoms with E-state index in [1.54, 1.807) is 27.7 Å². The first-order chi connectivity index (χ1) is 23.6. The predicted octanol–water partition coefficient (Wildman–Crippen LogP) is 7.21. The maximum atomic E-state index is 13.5. The maximum Gasteiger partial charge on any atom is 0.421 e. The summed E-state index contributed by atoms with van der Waals surface area (Å²) in [6, 6.07) is 2.26. The summed E-state index contributed by atoms with van der Waals surface area (Å²) >= 11 is 15.8. The average Bonchev–Trinajstić information content (AvgIpc) is 3.90. The summed E-state index contributed by atoms with van der Waals surface area (Å²) in [5.41, 5.74) is -3.24. The number of ether oxygens (including phenoxy) is 2. The maximum absolute atomic E-state index is 13.5. The minimum Gasteiger partial charge on any atom is -0.473 e. The monoisotopic (exact) mass is 766 g/mol. The van der Waals surface area contributed by atoms with Crippen molar-refractivity contribution in [2.75, 3.05) is 29.1 Å². The number of nitrogens with one attached hydrogen (secondary N) is 3. The normalized spacial score (nSPS) is 21.3. The van der Waals surface area contributed by atoms with Gasteiger partial charge in [0.15, 0.2) is 5.15 Å². The van der Waals surface area contributed by atoms with Crippen LogP contribution in [0, 0.1) is 18.3 Å². The van der Waals surface area contributed by atoms with Crippen LogP contribution in [0.1, 0.15) is 67.0 Å². The Hall–Kier alpha value is -4.05. The van der Waals surface area contributed by atoms with Gasteiger partial charge in [-0.2, -0.15) is 28.4 Å². The van der Waals surface area contributed by atoms with Crippen LogP contribution in [-0.2, 0) is 32.0 Å². The molecule has 262 valence electrons. The summed E-state index contributed by atoms with van der Waals surface area (Å²) in [4.78, 5) is 39.8. The summed E-state index contributed by atoms with van der Waals surface area (Å²) in [7, 11) is 0. The number of alkyl halides is 3. The SMILES string of the molecule is CCNc1nc(Nc2sc(C34CC3(c3nc(Nc5sc(C(C)(C)C#N)nc5C)nc(OC5CC5)c3Cl)COC4=O)nc2Cl)ncc1C(F)(F)F. The minimum atomic E-state index is -4.67. The van der Waals surface area contributed by atoms with Crippen LogP contribution in [0.4, 0.5) is 40.9 Å². The number of carbonyl (C=O) groups is 1. The number of aromatic nitrogens is 6. The molecule has 3 aliphatic rings. The molecule has 0 amide bonds. The molecule has 3 fully saturated rings. The molecule has 5 heterocycles. The van der Waals surface area contributed by atoms with Crippen LogP contribution in [0.3, 0.4) is 0 Å². The summed E-state index contributed by atoms with van der Waals surface area (Å²) in [6.45, 7) is 7.13. The smallest absolute Gasteiger partial charge is 0.421 e. The van der Waals surface area contributed by atoms with Crippen LogP contribution >= 0.6 is 45.9 Å². The van der Waals surface area contributed by atoms with Gasteiger partial charge in [-0.15, -0.1) is 0 Å². The highest BCUT2D eigenvalue weighted by Crippen LogP contribution is 2.71. The highest BCUT2D eigenvalue weighted by molar-refractivity contribution is 7.17. The second kappa shape index (κ2) is 12.0. The van der Waals surface area contributed by atoms with Gasteiger partial charge in [-0.1, -0.05) is 45.9 Å². The zero-order valence-corrected chi connectivity index (χ0v) is 29.9. The van der Waals surface area contributed by atoms with Gasteiger partial charge in [0.25, 0.3) is 0 Å². The Morgan fingerprint density at radius 3 is 2.52 bits per heavy atom. The molecular formula is C30H27Cl2F3N10O3S2. The second-order valence-corrected chi connectivity index (χ2v) is 15.3. The van der Waals surface area contributed by atoms with E-state index < -0.39 is 39.8 Å². The molecular weight excluding hydrogens is 740 g/mol. The summed E-state index contributed by atoms with van der Waals surface area (Å²) in [5, 5.41) is 20.1. The third-order valence-electron chi connectivity index (χ3n) is 8.58. The fourth-order valence-electron chi connectivity index (χ4n) is 5.65. The Morgan fingerprint density at radius 1 is 1.10 bits per heavy atom. The van der Waals surface area contributed by atoms with Crippen molar-refractivity contribution in [3.8, 4) is 11.9 Å². The second-order valence-electron chi connectivity index (χ2n) is 12.6. The van der Waals surface area contributed by atoms with E-state index in [-0.39, 0.29) is 58.6 Å². The fourth-order valence-corrected chi connectivity index (χ4v) is 8.40. The number of nitrogens with zero attached hydrogens (tertiary/aromatic N) is 7. The van der Waals surface area contributed by atoms with E-state index in [0.717, 1.165) is 24.2 Å². The largest absolute Gasteiger partial charge is 0.473 e. The van der Waals surface area contributed by atoms with E-state index >= 15 is 0 Å². The first-order valence-corrected chi connectivity index (χ1v) is 17.7. The van der Waals surface area contributed by atoms with Gasteiger partial charge in [0, 0.05) is 12.7 Å². The highest BCUT2D eigenvalue weighted by atomic mass is 35.5. The molecule has 0 spiro atoms. The van der Waals surface area contributed by atoms with Crippen LogP contribution in [0.15, 0.2) is 6.20 Å². The Kier molecular flexibility index (Phi) is 8.28. The van der Waals surface area contributed by atoms with Gasteiger partial charge in [-0.3, -0.25) is 4.79 Å². The standard InChI is InChI=1S/C30H27Cl2F3N10O3S2/c1-5-37-18-14(30(33,34)35)8-38-25(42-18)45-21-17(32)41-23(50-21)29-9-28(29,11-47-24(29)46)16-15(31)19(48-13-6-7-13)43-26(40-16)44-20-12(2)39-22(49-20)27(3,4)10-36/h8,13H,5-7,9,11H2,1-4H3,(H,40,43,44)(H2,37,38,42,45). The lowest BCUT2D eigenvalue weighted by atomic mass is 9.92. The number of carbonyl (C=O) groups excluding carboxylic acids is 1. The summed E-state index contributed by atoms with van der Waals surface area (Å²) in [5.74, 6) is -0.812. The molecule has 20 heteroatoms. The molecule has 3 N–H and O–H groups in total. The van der Waals surface area contributed by atoms with E-state index in [9.17, 15) is 23.2 Å². The van der Waals surface area contributed by atoms with Crippen molar-refractivity contribution in [3.63, 3.8) is 0 Å². The van der Waals surface area contributed by atoms with Gasteiger partial charge in [0.1, 0.15) is 60.0 Å². The van der Waals surface area contributed by atoms with Crippen molar-refractivity contribution in [3.05, 3.63) is 43.3 Å². The molecule has 2 aliphatic carbocycles. The Labute approximate surface area is 301 Å². The molecule has 7 rings (SSSR count). The van der Waals surface area contributed by atoms with Crippen molar-refractivity contribution in [1.29, 1.82) is 5.26 Å². The molecule has 1 aliphatic heterocycles. The van der Waals surface area contributed by atoms with Crippen molar-refractivity contribution in [2.45, 2.75) is 75.5 Å². The highest BCUT2D eigenvalue weighted by Gasteiger charge is 2.82. The van der Waals surface area contributed by atoms with Crippen molar-refractivity contribution in [2.24, 2.45) is 0 Å². The minimum absolute atomic E-state index is 0.0426. The topological polar surface area (TPSA) is 173 Å². The number of hydrogen-bond acceptors (Lipinski definition) is 15. The lowest BCUT2D eigenvalue weighted by Gasteiger charge is -2.18. The van der Waals surface area contributed by atoms with E-state index in [1.807, 2.05) is 0 Å². The molecule has 4 aromatic rings. The lowest BCUT2D eigenvalue weighted by molar-refractivity contribution is -0.142. The Morgan fingerprint density at radius 2 is 1.84 bits per heavy atom. The third-order valence-corrected chi connectivity index (χ3v) is 11.8. The number of halogens is 5. The average molecular weight is 768 g/mol. The number of nitriles is 1. The first-order valence-electron chi connectivity index (χ1n) is 15.3. The summed E-state index contributed by atoms with van der Waals surface area (Å²) < 4.78 is 52.2. The van der Waals surface area contributed by atoms with Crippen molar-refractivity contribution in [1.82, 2.24) is 29.9 Å². The van der Waals surface area contributed by atoms with E-state index in [4.69, 9.17) is 37.7 Å². The van der Waals surface area contributed by atoms with Gasteiger partial charge < -0.3 is 25.4 Å². The molecule has 2 unspecified atom stereocenters. The third kappa shape index (κ3) is 5.73. The summed E-state index contributed by atoms with van der Waals surface area (Å²) in [6.07, 6.45) is -2.15. The van der Waals surface area contributed by atoms with E-state index in [1.165, 1.54) is 11.3 Å². The van der Waals surface area contributed by atoms with Gasteiger partial charge in [0.2, 0.25) is 17.8 Å². The molecule has 0 bridgehead atoms. The number of fused-ring (bicyclic) bond motifs is 1. The number of anilines is 5. The number of hydrogen-bond donors (Lipinski definition) is 3. The van der Waals surface area contributed by atoms with Crippen molar-refractivity contribution >= 4 is 79.6 Å². The van der Waals surface area contributed by atoms with Gasteiger partial charge in [-0.25, -0.2) is 19.9 Å². The van der Waals surface area contributed by atoms with Crippen LogP contribution in [-0.4, -0.2) is 55.1 Å². The van der Waals surface area contributed by atoms with Crippen LogP contribution in [0.25, 0.3) is 0 Å². The molecule has 1 saturated heterocycles. The van der Waals surface area contributed by atoms with Gasteiger partial charge in [-0.05, 0) is 47.0 Å². The predicted molar refractivity (Wildman–Crippen MR) is 180 cm³/mol. The van der Waals surface area contributed by atoms with E-state index in [0.29, 0.717) is 32.6 Å². The molecule has 2 saturated carbocycles. The van der Waals surface area contributed by atoms with Crippen LogP contribution in [0.5, 0.6) is 5.88 Å². The number of esters is 1. The molecule has 4 aromatic heterocycles. The lowest BCUT2D eigenvalue weighted by Crippen LogP contribution is -2.25. The number of aryl methyl sites for hydroxylation is 1. The molecule has 0 aromatic carbocycles. The number of cyclic esters (lactones) is 1. The molecule has 2 atom stereocenters. The van der Waals surface area contributed by atoms with Crippen LogP contribution in [0.2, 0.25) is 10.2 Å². The fraction of sp³-hybridized carbons (Fsp3) is 0.467. The van der Waals surface area contributed by atoms with Gasteiger partial charge >= 0.3 is 12.1 Å². The zero-order chi connectivity index (χ0) is 35.8. The number of rotatable bonds is 11. The number of thiazole rings is 2. The Balaban J connectivity index is 1.24. The van der Waals surface area contributed by atoms with E-state index in [2.05, 4.69) is 46.9 Å². The Bertz CT molecular complexity index is 2080. The molecule has 0 radical (unpaired) electrons. The zero-order valence-electron chi connectivity index (χ0n) is 26.8. The van der Waals surface area contributed by atoms with Gasteiger partial charge in [0.05, 0.1) is 22.9 Å². The first kappa shape index (κ1) is 34.4.